The van der Waals surface area contributed by atoms with E-state index in [1.165, 1.54) is 6.21 Å². The van der Waals surface area contributed by atoms with Crippen molar-refractivity contribution in [3.05, 3.63) is 48.0 Å². The highest BCUT2D eigenvalue weighted by atomic mass is 16.5. The van der Waals surface area contributed by atoms with Crippen molar-refractivity contribution in [2.24, 2.45) is 5.10 Å². The third-order valence-corrected chi connectivity index (χ3v) is 4.48. The minimum atomic E-state index is -0.829. The van der Waals surface area contributed by atoms with Gasteiger partial charge in [-0.3, -0.25) is 14.4 Å². The molecule has 0 unspecified atom stereocenters. The fourth-order valence-electron chi connectivity index (χ4n) is 2.73. The van der Waals surface area contributed by atoms with E-state index in [9.17, 15) is 14.4 Å². The van der Waals surface area contributed by atoms with Gasteiger partial charge in [0.25, 0.3) is 5.91 Å². The van der Waals surface area contributed by atoms with E-state index >= 15 is 0 Å². The zero-order valence-corrected chi connectivity index (χ0v) is 18.4. The number of amides is 3. The number of ether oxygens (including phenoxy) is 3. The first-order valence-electron chi connectivity index (χ1n) is 10.5. The van der Waals surface area contributed by atoms with Gasteiger partial charge in [0.2, 0.25) is 0 Å². The summed E-state index contributed by atoms with van der Waals surface area (Å²) >= 11 is 0. The van der Waals surface area contributed by atoms with Gasteiger partial charge in [-0.2, -0.15) is 5.10 Å². The highest BCUT2D eigenvalue weighted by molar-refractivity contribution is 6.35. The topological polar surface area (TPSA) is 127 Å². The summed E-state index contributed by atoms with van der Waals surface area (Å²) in [5, 5.41) is 9.11. The summed E-state index contributed by atoms with van der Waals surface area (Å²) in [4.78, 5) is 35.6. The highest BCUT2D eigenvalue weighted by Crippen LogP contribution is 2.28. The molecule has 0 spiro atoms. The number of rotatable bonds is 10. The van der Waals surface area contributed by atoms with Crippen LogP contribution in [0.15, 0.2) is 47.6 Å². The van der Waals surface area contributed by atoms with Crippen molar-refractivity contribution in [2.75, 3.05) is 25.6 Å². The zero-order chi connectivity index (χ0) is 23.6. The molecule has 0 saturated heterocycles. The number of nitrogens with one attached hydrogen (secondary N) is 3. The molecule has 33 heavy (non-hydrogen) atoms. The number of methoxy groups -OCH3 is 1. The lowest BCUT2D eigenvalue weighted by molar-refractivity contribution is -0.139. The number of carbonyl (C=O) groups is 3. The van der Waals surface area contributed by atoms with Gasteiger partial charge in [0.15, 0.2) is 18.1 Å². The van der Waals surface area contributed by atoms with Gasteiger partial charge in [0.1, 0.15) is 5.75 Å². The summed E-state index contributed by atoms with van der Waals surface area (Å²) in [6.07, 6.45) is 3.16. The van der Waals surface area contributed by atoms with Crippen LogP contribution in [0.2, 0.25) is 0 Å². The molecule has 0 radical (unpaired) electrons. The second kappa shape index (κ2) is 11.5. The second-order valence-corrected chi connectivity index (χ2v) is 7.15. The van der Waals surface area contributed by atoms with E-state index in [4.69, 9.17) is 14.2 Å². The lowest BCUT2D eigenvalue weighted by atomic mass is 10.2. The molecule has 10 heteroatoms. The number of benzene rings is 2. The van der Waals surface area contributed by atoms with Crippen molar-refractivity contribution in [2.45, 2.75) is 25.8 Å². The van der Waals surface area contributed by atoms with E-state index in [0.717, 1.165) is 12.8 Å². The number of hydrogen-bond donors (Lipinski definition) is 3. The van der Waals surface area contributed by atoms with Crippen molar-refractivity contribution in [1.29, 1.82) is 0 Å². The summed E-state index contributed by atoms with van der Waals surface area (Å²) in [6.45, 7) is 1.97. The lowest BCUT2D eigenvalue weighted by Crippen LogP contribution is -2.38. The Labute approximate surface area is 191 Å². The molecule has 1 aliphatic rings. The minimum absolute atomic E-state index is 0.0890. The molecule has 0 bridgehead atoms. The quantitative estimate of drug-likeness (QED) is 0.286. The van der Waals surface area contributed by atoms with Crippen LogP contribution in [0.25, 0.3) is 0 Å². The maximum absolute atomic E-state index is 12.2. The number of anilines is 1. The minimum Gasteiger partial charge on any atom is -0.497 e. The smallest absolute Gasteiger partial charge is 0.329 e. The van der Waals surface area contributed by atoms with E-state index in [1.807, 2.05) is 6.92 Å². The summed E-state index contributed by atoms with van der Waals surface area (Å²) in [5.74, 6) is -0.463. The first-order valence-corrected chi connectivity index (χ1v) is 10.5. The van der Waals surface area contributed by atoms with Crippen LogP contribution in [0.4, 0.5) is 5.69 Å². The van der Waals surface area contributed by atoms with Gasteiger partial charge in [-0.1, -0.05) is 6.07 Å². The highest BCUT2D eigenvalue weighted by Gasteiger charge is 2.26. The standard InChI is InChI=1S/C23H26N4O6/c1-3-32-20-11-15(13-24-27-23(30)22(29)26-16-8-9-16)7-10-19(20)33-14-21(28)25-17-5-4-6-18(12-17)31-2/h4-7,10-13,16H,3,8-9,14H2,1-2H3,(H,25,28)(H,26,29)(H,27,30)/b24-13-. The molecule has 0 aromatic heterocycles. The molecule has 0 atom stereocenters. The van der Waals surface area contributed by atoms with Crippen LogP contribution in [0.3, 0.4) is 0 Å². The first-order chi connectivity index (χ1) is 16.0. The fraction of sp³-hybridized carbons (Fsp3) is 0.304. The van der Waals surface area contributed by atoms with Gasteiger partial charge < -0.3 is 24.8 Å². The second-order valence-electron chi connectivity index (χ2n) is 7.15. The molecule has 1 saturated carbocycles. The summed E-state index contributed by atoms with van der Waals surface area (Å²) in [6, 6.07) is 12.0. The van der Waals surface area contributed by atoms with Crippen LogP contribution >= 0.6 is 0 Å². The molecular weight excluding hydrogens is 428 g/mol. The van der Waals surface area contributed by atoms with Gasteiger partial charge in [-0.15, -0.1) is 0 Å². The predicted molar refractivity (Wildman–Crippen MR) is 122 cm³/mol. The molecular formula is C23H26N4O6. The van der Waals surface area contributed by atoms with Crippen LogP contribution in [0.5, 0.6) is 17.2 Å². The Morgan fingerprint density at radius 2 is 1.88 bits per heavy atom. The van der Waals surface area contributed by atoms with Gasteiger partial charge in [0.05, 0.1) is 19.9 Å². The molecule has 3 N–H and O–H groups in total. The molecule has 1 fully saturated rings. The first kappa shape index (κ1) is 23.6. The lowest BCUT2D eigenvalue weighted by Gasteiger charge is -2.13. The maximum atomic E-state index is 12.2. The zero-order valence-electron chi connectivity index (χ0n) is 18.4. The van der Waals surface area contributed by atoms with E-state index in [1.54, 1.807) is 49.6 Å². The third kappa shape index (κ3) is 7.53. The van der Waals surface area contributed by atoms with Gasteiger partial charge in [-0.05, 0) is 55.7 Å². The Morgan fingerprint density at radius 1 is 1.06 bits per heavy atom. The molecule has 3 amide bonds. The Morgan fingerprint density at radius 3 is 2.61 bits per heavy atom. The molecule has 1 aliphatic carbocycles. The maximum Gasteiger partial charge on any atom is 0.329 e. The monoisotopic (exact) mass is 454 g/mol. The van der Waals surface area contributed by atoms with E-state index in [0.29, 0.717) is 35.1 Å². The van der Waals surface area contributed by atoms with E-state index in [-0.39, 0.29) is 18.6 Å². The van der Waals surface area contributed by atoms with Crippen molar-refractivity contribution in [1.82, 2.24) is 10.7 Å². The van der Waals surface area contributed by atoms with Gasteiger partial charge in [0, 0.05) is 17.8 Å². The van der Waals surface area contributed by atoms with Crippen molar-refractivity contribution in [3.63, 3.8) is 0 Å². The van der Waals surface area contributed by atoms with Crippen LogP contribution < -0.4 is 30.3 Å². The Hall–Kier alpha value is -4.08. The fourth-order valence-corrected chi connectivity index (χ4v) is 2.73. The van der Waals surface area contributed by atoms with Crippen LogP contribution in [-0.2, 0) is 14.4 Å². The van der Waals surface area contributed by atoms with E-state index in [2.05, 4.69) is 21.2 Å². The molecule has 0 aliphatic heterocycles. The normalized spacial score (nSPS) is 12.7. The average Bonchev–Trinajstić information content (AvgIpc) is 3.62. The van der Waals surface area contributed by atoms with Crippen molar-refractivity contribution < 1.29 is 28.6 Å². The largest absolute Gasteiger partial charge is 0.497 e. The number of nitrogens with zero attached hydrogens (tertiary/aromatic N) is 1. The van der Waals surface area contributed by atoms with E-state index < -0.39 is 11.8 Å². The molecule has 2 aromatic carbocycles. The van der Waals surface area contributed by atoms with Crippen LogP contribution in [0, 0.1) is 0 Å². The number of carbonyl (C=O) groups excluding carboxylic acids is 3. The summed E-state index contributed by atoms with van der Waals surface area (Å²) in [7, 11) is 1.55. The number of hydrogen-bond acceptors (Lipinski definition) is 7. The predicted octanol–water partition coefficient (Wildman–Crippen LogP) is 1.84. The summed E-state index contributed by atoms with van der Waals surface area (Å²) in [5.41, 5.74) is 3.38. The molecule has 0 heterocycles. The van der Waals surface area contributed by atoms with Gasteiger partial charge in [-0.25, -0.2) is 5.43 Å². The van der Waals surface area contributed by atoms with Crippen LogP contribution in [0.1, 0.15) is 25.3 Å². The Bertz CT molecular complexity index is 1040. The Balaban J connectivity index is 1.55. The summed E-state index contributed by atoms with van der Waals surface area (Å²) < 4.78 is 16.3. The third-order valence-electron chi connectivity index (χ3n) is 4.48. The van der Waals surface area contributed by atoms with Crippen molar-refractivity contribution in [3.8, 4) is 17.2 Å². The van der Waals surface area contributed by atoms with Gasteiger partial charge >= 0.3 is 11.8 Å². The molecule has 3 rings (SSSR count). The number of hydrazone groups is 1. The Kier molecular flexibility index (Phi) is 8.23. The molecule has 10 nitrogen and oxygen atoms in total. The SMILES string of the molecule is CCOc1cc(/C=N\NC(=O)C(=O)NC2CC2)ccc1OCC(=O)Nc1cccc(OC)c1. The average molecular weight is 454 g/mol. The van der Waals surface area contributed by atoms with Crippen molar-refractivity contribution >= 4 is 29.6 Å². The molecule has 174 valence electrons. The van der Waals surface area contributed by atoms with Crippen LogP contribution in [-0.4, -0.2) is 50.3 Å². The molecule has 2 aromatic rings.